The van der Waals surface area contributed by atoms with Crippen molar-refractivity contribution in [3.8, 4) is 5.82 Å². The van der Waals surface area contributed by atoms with Crippen molar-refractivity contribution in [2.45, 2.75) is 6.92 Å². The zero-order valence-electron chi connectivity index (χ0n) is 13.2. The van der Waals surface area contributed by atoms with Crippen molar-refractivity contribution in [2.75, 3.05) is 5.32 Å². The Morgan fingerprint density at radius 1 is 1.24 bits per heavy atom. The molecule has 0 aliphatic rings. The molecule has 25 heavy (non-hydrogen) atoms. The second-order valence-corrected chi connectivity index (χ2v) is 5.50. The lowest BCUT2D eigenvalue weighted by Gasteiger charge is -2.08. The first kappa shape index (κ1) is 15.1. The first-order chi connectivity index (χ1) is 12.1. The number of rotatable bonds is 3. The number of aryl methyl sites for hydroxylation is 1. The molecule has 0 atom stereocenters. The summed E-state index contributed by atoms with van der Waals surface area (Å²) in [6.07, 6.45) is 6.44. The Morgan fingerprint density at radius 2 is 2.12 bits per heavy atom. The summed E-state index contributed by atoms with van der Waals surface area (Å²) < 4.78 is 20.8. The van der Waals surface area contributed by atoms with Gasteiger partial charge in [0, 0.05) is 17.8 Å². The van der Waals surface area contributed by atoms with Gasteiger partial charge in [-0.1, -0.05) is 0 Å². The summed E-state index contributed by atoms with van der Waals surface area (Å²) in [6.45, 7) is 1.87. The summed E-state index contributed by atoms with van der Waals surface area (Å²) in [4.78, 5) is 20.9. The van der Waals surface area contributed by atoms with Gasteiger partial charge in [0.2, 0.25) is 0 Å². The average Bonchev–Trinajstić information content (AvgIpc) is 3.23. The highest BCUT2D eigenvalue weighted by molar-refractivity contribution is 6.11. The topological polar surface area (TPSA) is 73.0 Å². The van der Waals surface area contributed by atoms with Crippen LogP contribution in [0.25, 0.3) is 16.8 Å². The van der Waals surface area contributed by atoms with Gasteiger partial charge in [0.15, 0.2) is 0 Å². The second-order valence-electron chi connectivity index (χ2n) is 5.50. The number of hydrogen-bond acceptors (Lipinski definition) is 4. The van der Waals surface area contributed by atoms with Gasteiger partial charge >= 0.3 is 0 Å². The molecular formula is C18H13FN4O2. The van der Waals surface area contributed by atoms with Crippen LogP contribution < -0.4 is 5.32 Å². The number of furan rings is 1. The van der Waals surface area contributed by atoms with E-state index in [0.29, 0.717) is 22.5 Å². The molecule has 0 saturated heterocycles. The molecule has 124 valence electrons. The summed E-state index contributed by atoms with van der Waals surface area (Å²) in [5.74, 6) is 0.535. The van der Waals surface area contributed by atoms with Gasteiger partial charge in [-0.15, -0.1) is 0 Å². The third-order valence-electron chi connectivity index (χ3n) is 3.84. The van der Waals surface area contributed by atoms with Crippen molar-refractivity contribution < 1.29 is 13.6 Å². The molecular weight excluding hydrogens is 323 g/mol. The van der Waals surface area contributed by atoms with Gasteiger partial charge in [-0.3, -0.25) is 9.36 Å². The van der Waals surface area contributed by atoms with E-state index in [9.17, 15) is 9.18 Å². The SMILES string of the molecule is Cc1nccn1-c1ccc(NC(=O)c2cc(F)cc3ccoc23)cn1. The van der Waals surface area contributed by atoms with Crippen molar-refractivity contribution in [3.63, 3.8) is 0 Å². The van der Waals surface area contributed by atoms with Gasteiger partial charge < -0.3 is 9.73 Å². The first-order valence-corrected chi connectivity index (χ1v) is 7.56. The highest BCUT2D eigenvalue weighted by Gasteiger charge is 2.15. The minimum absolute atomic E-state index is 0.134. The van der Waals surface area contributed by atoms with Gasteiger partial charge in [-0.25, -0.2) is 14.4 Å². The number of carbonyl (C=O) groups excluding carboxylic acids is 1. The monoisotopic (exact) mass is 336 g/mol. The molecule has 3 aromatic heterocycles. The number of anilines is 1. The van der Waals surface area contributed by atoms with E-state index in [1.54, 1.807) is 30.6 Å². The number of amides is 1. The average molecular weight is 336 g/mol. The maximum Gasteiger partial charge on any atom is 0.259 e. The fraction of sp³-hybridized carbons (Fsp3) is 0.0556. The van der Waals surface area contributed by atoms with E-state index in [1.807, 2.05) is 11.5 Å². The van der Waals surface area contributed by atoms with E-state index in [-0.39, 0.29) is 5.56 Å². The molecule has 0 spiro atoms. The van der Waals surface area contributed by atoms with Gasteiger partial charge in [-0.05, 0) is 37.3 Å². The number of benzene rings is 1. The molecule has 7 heteroatoms. The standard InChI is InChI=1S/C18H13FN4O2/c1-11-20-5-6-23(11)16-3-2-14(10-21-16)22-18(24)15-9-13(19)8-12-4-7-25-17(12)15/h2-10H,1H3,(H,22,24). The fourth-order valence-corrected chi connectivity index (χ4v) is 2.64. The number of pyridine rings is 1. The van der Waals surface area contributed by atoms with Crippen molar-refractivity contribution in [1.82, 2.24) is 14.5 Å². The van der Waals surface area contributed by atoms with Gasteiger partial charge in [0.1, 0.15) is 23.0 Å². The molecule has 0 saturated carbocycles. The lowest BCUT2D eigenvalue weighted by atomic mass is 10.1. The van der Waals surface area contributed by atoms with Gasteiger partial charge in [0.05, 0.1) is 23.7 Å². The molecule has 0 unspecified atom stereocenters. The molecule has 0 aliphatic carbocycles. The second kappa shape index (κ2) is 5.86. The van der Waals surface area contributed by atoms with Crippen LogP contribution in [-0.2, 0) is 0 Å². The maximum absolute atomic E-state index is 13.7. The predicted molar refractivity (Wildman–Crippen MR) is 90.2 cm³/mol. The van der Waals surface area contributed by atoms with Gasteiger partial charge in [0.25, 0.3) is 5.91 Å². The Bertz CT molecular complexity index is 1070. The van der Waals surface area contributed by atoms with Crippen molar-refractivity contribution in [3.05, 3.63) is 72.4 Å². The zero-order chi connectivity index (χ0) is 17.4. The van der Waals surface area contributed by atoms with Crippen molar-refractivity contribution in [2.24, 2.45) is 0 Å². The Hall–Kier alpha value is -3.48. The summed E-state index contributed by atoms with van der Waals surface area (Å²) in [7, 11) is 0. The van der Waals surface area contributed by atoms with Crippen LogP contribution in [0.3, 0.4) is 0 Å². The number of carbonyl (C=O) groups is 1. The Balaban J connectivity index is 1.60. The molecule has 0 bridgehead atoms. The number of halogens is 1. The van der Waals surface area contributed by atoms with Crippen LogP contribution in [0, 0.1) is 12.7 Å². The van der Waals surface area contributed by atoms with Crippen LogP contribution in [0.2, 0.25) is 0 Å². The van der Waals surface area contributed by atoms with Crippen LogP contribution in [0.15, 0.2) is 59.6 Å². The normalized spacial score (nSPS) is 11.0. The van der Waals surface area contributed by atoms with Crippen molar-refractivity contribution >= 4 is 22.6 Å². The number of hydrogen-bond donors (Lipinski definition) is 1. The number of nitrogens with zero attached hydrogens (tertiary/aromatic N) is 3. The highest BCUT2D eigenvalue weighted by atomic mass is 19.1. The predicted octanol–water partition coefficient (Wildman–Crippen LogP) is 3.71. The molecule has 3 heterocycles. The van der Waals surface area contributed by atoms with Crippen LogP contribution in [0.4, 0.5) is 10.1 Å². The molecule has 1 N–H and O–H groups in total. The zero-order valence-corrected chi connectivity index (χ0v) is 13.2. The minimum Gasteiger partial charge on any atom is -0.464 e. The van der Waals surface area contributed by atoms with Gasteiger partial charge in [-0.2, -0.15) is 0 Å². The quantitative estimate of drug-likeness (QED) is 0.619. The first-order valence-electron chi connectivity index (χ1n) is 7.56. The third kappa shape index (κ3) is 2.76. The summed E-state index contributed by atoms with van der Waals surface area (Å²) in [6, 6.07) is 7.56. The molecule has 4 rings (SSSR count). The third-order valence-corrected chi connectivity index (χ3v) is 3.84. The van der Waals surface area contributed by atoms with Crippen LogP contribution in [-0.4, -0.2) is 20.4 Å². The Morgan fingerprint density at radius 3 is 2.84 bits per heavy atom. The minimum atomic E-state index is -0.497. The van der Waals surface area contributed by atoms with E-state index >= 15 is 0 Å². The molecule has 0 fully saturated rings. The Kier molecular flexibility index (Phi) is 3.53. The van der Waals surface area contributed by atoms with Crippen LogP contribution in [0.5, 0.6) is 0 Å². The molecule has 0 radical (unpaired) electrons. The molecule has 0 aliphatic heterocycles. The lowest BCUT2D eigenvalue weighted by Crippen LogP contribution is -2.13. The van der Waals surface area contributed by atoms with E-state index < -0.39 is 11.7 Å². The van der Waals surface area contributed by atoms with Crippen LogP contribution >= 0.6 is 0 Å². The maximum atomic E-state index is 13.7. The van der Waals surface area contributed by atoms with Crippen LogP contribution in [0.1, 0.15) is 16.2 Å². The van der Waals surface area contributed by atoms with E-state index in [1.165, 1.54) is 18.5 Å². The summed E-state index contributed by atoms with van der Waals surface area (Å²) >= 11 is 0. The largest absolute Gasteiger partial charge is 0.464 e. The fourth-order valence-electron chi connectivity index (χ4n) is 2.64. The number of aromatic nitrogens is 3. The van der Waals surface area contributed by atoms with E-state index in [0.717, 1.165) is 11.9 Å². The molecule has 6 nitrogen and oxygen atoms in total. The lowest BCUT2D eigenvalue weighted by molar-refractivity contribution is 0.102. The number of imidazole rings is 1. The highest BCUT2D eigenvalue weighted by Crippen LogP contribution is 2.23. The van der Waals surface area contributed by atoms with E-state index in [2.05, 4.69) is 15.3 Å². The Labute approximate surface area is 141 Å². The molecule has 1 amide bonds. The summed E-state index contributed by atoms with van der Waals surface area (Å²) in [5, 5.41) is 3.24. The number of nitrogens with one attached hydrogen (secondary N) is 1. The van der Waals surface area contributed by atoms with E-state index in [4.69, 9.17) is 4.42 Å². The summed E-state index contributed by atoms with van der Waals surface area (Å²) in [5.41, 5.74) is 0.975. The molecule has 1 aromatic carbocycles. The molecule has 4 aromatic rings. The van der Waals surface area contributed by atoms with Crippen molar-refractivity contribution in [1.29, 1.82) is 0 Å². The number of fused-ring (bicyclic) bond motifs is 1. The smallest absolute Gasteiger partial charge is 0.259 e.